The Kier molecular flexibility index (Phi) is 2.39. The van der Waals surface area contributed by atoms with E-state index in [4.69, 9.17) is 9.47 Å². The number of hydrogen-bond acceptors (Lipinski definition) is 2. The monoisotopic (exact) mass is 288 g/mol. The molecule has 5 unspecified atom stereocenters. The number of rotatable bonds is 2. The predicted molar refractivity (Wildman–Crippen MR) is 79.5 cm³/mol. The molecule has 0 aromatic carbocycles. The summed E-state index contributed by atoms with van der Waals surface area (Å²) in [4.78, 5) is 0. The molecular weight excluding hydrogens is 260 g/mol. The van der Waals surface area contributed by atoms with Crippen LogP contribution in [0.4, 0.5) is 0 Å². The van der Waals surface area contributed by atoms with E-state index in [2.05, 4.69) is 0 Å². The number of ether oxygens (including phenoxy) is 2. The lowest BCUT2D eigenvalue weighted by atomic mass is 9.34. The van der Waals surface area contributed by atoms with Crippen LogP contribution in [0.15, 0.2) is 0 Å². The molecule has 8 fully saturated rings. The molecule has 2 heteroatoms. The summed E-state index contributed by atoms with van der Waals surface area (Å²) in [5.41, 5.74) is 0.256. The summed E-state index contributed by atoms with van der Waals surface area (Å²) in [7, 11) is 0. The van der Waals surface area contributed by atoms with Crippen LogP contribution in [-0.2, 0) is 9.47 Å². The van der Waals surface area contributed by atoms with Gasteiger partial charge < -0.3 is 9.47 Å². The highest BCUT2D eigenvalue weighted by molar-refractivity contribution is 5.20. The molecular formula is C19H28O2. The molecule has 8 aliphatic rings. The number of hydrogen-bond donors (Lipinski definition) is 0. The SMILES string of the molecule is C1CCC(OC23CC4CC5C6CC(CC52)CC3C6C4)OC1. The van der Waals surface area contributed by atoms with E-state index in [9.17, 15) is 0 Å². The van der Waals surface area contributed by atoms with Gasteiger partial charge in [0.25, 0.3) is 0 Å². The van der Waals surface area contributed by atoms with Crippen LogP contribution in [0.2, 0.25) is 0 Å². The van der Waals surface area contributed by atoms with Crippen LogP contribution in [0, 0.1) is 41.4 Å². The third kappa shape index (κ3) is 1.47. The Balaban J connectivity index is 1.38. The van der Waals surface area contributed by atoms with Gasteiger partial charge in [0.05, 0.1) is 5.60 Å². The average Bonchev–Trinajstić information content (AvgIpc) is 2.53. The molecule has 0 spiro atoms. The normalized spacial score (nSPS) is 63.4. The van der Waals surface area contributed by atoms with E-state index in [1.165, 1.54) is 32.1 Å². The highest BCUT2D eigenvalue weighted by Gasteiger charge is 2.71. The molecule has 8 rings (SSSR count). The summed E-state index contributed by atoms with van der Waals surface area (Å²) in [6.45, 7) is 0.928. The lowest BCUT2D eigenvalue weighted by Crippen LogP contribution is -2.72. The second-order valence-corrected chi connectivity index (χ2v) is 9.19. The zero-order valence-corrected chi connectivity index (χ0v) is 13.0. The van der Waals surface area contributed by atoms with Crippen LogP contribution in [0.3, 0.4) is 0 Å². The predicted octanol–water partition coefficient (Wildman–Crippen LogP) is 3.99. The second-order valence-electron chi connectivity index (χ2n) is 9.19. The van der Waals surface area contributed by atoms with Crippen molar-refractivity contribution in [2.45, 2.75) is 69.7 Å². The first-order valence-corrected chi connectivity index (χ1v) is 9.63. The van der Waals surface area contributed by atoms with Crippen molar-refractivity contribution in [1.82, 2.24) is 0 Å². The van der Waals surface area contributed by atoms with Gasteiger partial charge in [-0.1, -0.05) is 0 Å². The molecule has 7 aliphatic carbocycles. The van der Waals surface area contributed by atoms with Gasteiger partial charge in [0, 0.05) is 6.61 Å². The first kappa shape index (κ1) is 12.4. The highest BCUT2D eigenvalue weighted by atomic mass is 16.7. The Morgan fingerprint density at radius 2 is 1.57 bits per heavy atom. The van der Waals surface area contributed by atoms with Gasteiger partial charge in [0.15, 0.2) is 6.29 Å². The zero-order valence-electron chi connectivity index (χ0n) is 13.0. The van der Waals surface area contributed by atoms with Crippen molar-refractivity contribution >= 4 is 0 Å². The Hall–Kier alpha value is -0.0800. The third-order valence-corrected chi connectivity index (χ3v) is 8.48. The molecule has 0 aromatic rings. The Bertz CT molecular complexity index is 430. The van der Waals surface area contributed by atoms with Crippen LogP contribution in [0.5, 0.6) is 0 Å². The van der Waals surface area contributed by atoms with E-state index in [1.54, 1.807) is 19.3 Å². The smallest absolute Gasteiger partial charge is 0.158 e. The van der Waals surface area contributed by atoms with Crippen molar-refractivity contribution in [2.75, 3.05) is 6.61 Å². The van der Waals surface area contributed by atoms with Gasteiger partial charge >= 0.3 is 0 Å². The molecule has 2 nitrogen and oxygen atoms in total. The summed E-state index contributed by atoms with van der Waals surface area (Å²) in [6, 6.07) is 0. The summed E-state index contributed by atoms with van der Waals surface area (Å²) >= 11 is 0. The van der Waals surface area contributed by atoms with Crippen molar-refractivity contribution in [1.29, 1.82) is 0 Å². The molecule has 1 heterocycles. The third-order valence-electron chi connectivity index (χ3n) is 8.48. The largest absolute Gasteiger partial charge is 0.353 e. The molecule has 7 saturated carbocycles. The lowest BCUT2D eigenvalue weighted by Gasteiger charge is -2.74. The van der Waals surface area contributed by atoms with Crippen molar-refractivity contribution in [2.24, 2.45) is 41.4 Å². The summed E-state index contributed by atoms with van der Waals surface area (Å²) < 4.78 is 12.9. The highest BCUT2D eigenvalue weighted by Crippen LogP contribution is 2.73. The molecule has 0 radical (unpaired) electrons. The molecule has 116 valence electrons. The van der Waals surface area contributed by atoms with Crippen LogP contribution in [0.25, 0.3) is 0 Å². The zero-order chi connectivity index (χ0) is 13.6. The molecule has 1 aliphatic heterocycles. The molecule has 1 saturated heterocycles. The molecule has 5 atom stereocenters. The summed E-state index contributed by atoms with van der Waals surface area (Å²) in [5, 5.41) is 0. The fraction of sp³-hybridized carbons (Fsp3) is 1.00. The van der Waals surface area contributed by atoms with Crippen molar-refractivity contribution < 1.29 is 9.47 Å². The fourth-order valence-corrected chi connectivity index (χ4v) is 8.14. The van der Waals surface area contributed by atoms with Gasteiger partial charge in [-0.25, -0.2) is 0 Å². The van der Waals surface area contributed by atoms with Gasteiger partial charge in [0.2, 0.25) is 0 Å². The van der Waals surface area contributed by atoms with E-state index in [0.29, 0.717) is 0 Å². The maximum atomic E-state index is 6.91. The second kappa shape index (κ2) is 4.06. The lowest BCUT2D eigenvalue weighted by molar-refractivity contribution is -0.348. The molecule has 0 aromatic heterocycles. The van der Waals surface area contributed by atoms with Gasteiger partial charge in [0.1, 0.15) is 0 Å². The molecule has 21 heavy (non-hydrogen) atoms. The summed E-state index contributed by atoms with van der Waals surface area (Å²) in [5.74, 6) is 6.99. The van der Waals surface area contributed by atoms with Crippen molar-refractivity contribution in [3.63, 3.8) is 0 Å². The summed E-state index contributed by atoms with van der Waals surface area (Å²) in [6.07, 6.45) is 12.8. The standard InChI is InChI=1S/C19H28O2/c1-2-4-20-18(3-1)21-19-10-12-6-14-13-5-11(8-16(14)19)9-17(19)15(13)7-12/h11-18H,1-10H2. The first-order chi connectivity index (χ1) is 10.3. The van der Waals surface area contributed by atoms with Crippen LogP contribution >= 0.6 is 0 Å². The van der Waals surface area contributed by atoms with Gasteiger partial charge in [-0.3, -0.25) is 0 Å². The van der Waals surface area contributed by atoms with E-state index in [-0.39, 0.29) is 11.9 Å². The minimum absolute atomic E-state index is 0.134. The minimum atomic E-state index is 0.134. The average molecular weight is 288 g/mol. The Morgan fingerprint density at radius 3 is 2.29 bits per heavy atom. The van der Waals surface area contributed by atoms with Crippen LogP contribution in [-0.4, -0.2) is 18.5 Å². The van der Waals surface area contributed by atoms with Gasteiger partial charge in [-0.15, -0.1) is 0 Å². The molecule has 0 N–H and O–H groups in total. The maximum Gasteiger partial charge on any atom is 0.158 e. The Labute approximate surface area is 128 Å². The minimum Gasteiger partial charge on any atom is -0.353 e. The van der Waals surface area contributed by atoms with Crippen LogP contribution < -0.4 is 0 Å². The first-order valence-electron chi connectivity index (χ1n) is 9.63. The van der Waals surface area contributed by atoms with Gasteiger partial charge in [-0.05, 0) is 99.2 Å². The van der Waals surface area contributed by atoms with E-state index >= 15 is 0 Å². The van der Waals surface area contributed by atoms with Gasteiger partial charge in [-0.2, -0.15) is 0 Å². The van der Waals surface area contributed by atoms with Crippen molar-refractivity contribution in [3.05, 3.63) is 0 Å². The fourth-order valence-electron chi connectivity index (χ4n) is 8.14. The van der Waals surface area contributed by atoms with E-state index in [0.717, 1.165) is 54.5 Å². The maximum absolute atomic E-state index is 6.91. The topological polar surface area (TPSA) is 18.5 Å². The molecule has 0 amide bonds. The Morgan fingerprint density at radius 1 is 0.810 bits per heavy atom. The quantitative estimate of drug-likeness (QED) is 0.765. The molecule has 8 bridgehead atoms. The van der Waals surface area contributed by atoms with E-state index in [1.807, 2.05) is 0 Å². The van der Waals surface area contributed by atoms with E-state index < -0.39 is 0 Å². The van der Waals surface area contributed by atoms with Crippen LogP contribution in [0.1, 0.15) is 57.8 Å². The van der Waals surface area contributed by atoms with Crippen molar-refractivity contribution in [3.8, 4) is 0 Å².